The monoisotopic (exact) mass is 224 g/mol. The summed E-state index contributed by atoms with van der Waals surface area (Å²) in [6.45, 7) is 6.73. The van der Waals surface area contributed by atoms with E-state index in [4.69, 9.17) is 9.26 Å². The van der Waals surface area contributed by atoms with Crippen LogP contribution < -0.4 is 0 Å². The van der Waals surface area contributed by atoms with Gasteiger partial charge in [0.2, 0.25) is 0 Å². The lowest BCUT2D eigenvalue weighted by Crippen LogP contribution is -2.39. The molecule has 0 saturated carbocycles. The van der Waals surface area contributed by atoms with Crippen LogP contribution in [-0.4, -0.2) is 28.3 Å². The van der Waals surface area contributed by atoms with Gasteiger partial charge >= 0.3 is 6.09 Å². The zero-order valence-electron chi connectivity index (χ0n) is 9.82. The molecule has 1 aliphatic heterocycles. The number of fused-ring (bicyclic) bond motifs is 1. The maximum Gasteiger partial charge on any atom is 0.410 e. The summed E-state index contributed by atoms with van der Waals surface area (Å²) in [5.74, 6) is 0.875. The molecular weight excluding hydrogens is 208 g/mol. The second-order valence-corrected chi connectivity index (χ2v) is 4.93. The predicted octanol–water partition coefficient (Wildman–Crippen LogP) is 1.97. The molecule has 16 heavy (non-hydrogen) atoms. The van der Waals surface area contributed by atoms with E-state index in [1.807, 2.05) is 20.8 Å². The van der Waals surface area contributed by atoms with Crippen LogP contribution in [0.15, 0.2) is 10.7 Å². The van der Waals surface area contributed by atoms with Gasteiger partial charge in [0.05, 0.1) is 12.7 Å². The smallest absolute Gasteiger partial charge is 0.410 e. The van der Waals surface area contributed by atoms with Crippen molar-refractivity contribution in [2.75, 3.05) is 6.54 Å². The number of hydrogen-bond acceptors (Lipinski definition) is 4. The van der Waals surface area contributed by atoms with Crippen molar-refractivity contribution in [3.8, 4) is 0 Å². The maximum absolute atomic E-state index is 11.8. The molecule has 0 N–H and O–H groups in total. The van der Waals surface area contributed by atoms with E-state index in [9.17, 15) is 4.79 Å². The number of rotatable bonds is 0. The first-order valence-electron chi connectivity index (χ1n) is 5.36. The van der Waals surface area contributed by atoms with E-state index in [1.165, 1.54) is 0 Å². The lowest BCUT2D eigenvalue weighted by atomic mass is 10.1. The fourth-order valence-corrected chi connectivity index (χ4v) is 1.62. The third-order valence-corrected chi connectivity index (χ3v) is 2.35. The van der Waals surface area contributed by atoms with Gasteiger partial charge in [-0.25, -0.2) is 4.79 Å². The van der Waals surface area contributed by atoms with Crippen molar-refractivity contribution in [1.82, 2.24) is 10.1 Å². The van der Waals surface area contributed by atoms with Gasteiger partial charge in [0, 0.05) is 18.5 Å². The molecule has 2 rings (SSSR count). The van der Waals surface area contributed by atoms with Crippen LogP contribution in [0.5, 0.6) is 0 Å². The van der Waals surface area contributed by atoms with Gasteiger partial charge in [-0.15, -0.1) is 0 Å². The van der Waals surface area contributed by atoms with E-state index in [-0.39, 0.29) is 6.09 Å². The average Bonchev–Trinajstić information content (AvgIpc) is 2.61. The van der Waals surface area contributed by atoms with Crippen LogP contribution in [0.1, 0.15) is 32.1 Å². The molecular formula is C11H16N2O3. The molecule has 0 unspecified atom stereocenters. The largest absolute Gasteiger partial charge is 0.444 e. The minimum absolute atomic E-state index is 0.278. The van der Waals surface area contributed by atoms with E-state index >= 15 is 0 Å². The van der Waals surface area contributed by atoms with Crippen LogP contribution in [0.4, 0.5) is 4.79 Å². The van der Waals surface area contributed by atoms with Crippen molar-refractivity contribution in [2.24, 2.45) is 0 Å². The predicted molar refractivity (Wildman–Crippen MR) is 56.9 cm³/mol. The Morgan fingerprint density at radius 1 is 1.56 bits per heavy atom. The number of amides is 1. The highest BCUT2D eigenvalue weighted by Gasteiger charge is 2.27. The average molecular weight is 224 g/mol. The summed E-state index contributed by atoms with van der Waals surface area (Å²) in [4.78, 5) is 13.5. The van der Waals surface area contributed by atoms with E-state index in [2.05, 4.69) is 5.16 Å². The Balaban J connectivity index is 2.01. The fourth-order valence-electron chi connectivity index (χ4n) is 1.62. The van der Waals surface area contributed by atoms with Gasteiger partial charge in [-0.2, -0.15) is 0 Å². The van der Waals surface area contributed by atoms with Crippen molar-refractivity contribution in [3.63, 3.8) is 0 Å². The summed E-state index contributed by atoms with van der Waals surface area (Å²) in [5, 5.41) is 3.72. The van der Waals surface area contributed by atoms with Crippen LogP contribution in [0.3, 0.4) is 0 Å². The highest BCUT2D eigenvalue weighted by molar-refractivity contribution is 5.68. The SMILES string of the molecule is CC(C)(C)OC(=O)N1CCc2oncc2C1. The van der Waals surface area contributed by atoms with Crippen molar-refractivity contribution in [2.45, 2.75) is 39.3 Å². The van der Waals surface area contributed by atoms with Crippen molar-refractivity contribution >= 4 is 6.09 Å². The molecule has 0 spiro atoms. The summed E-state index contributed by atoms with van der Waals surface area (Å²) in [7, 11) is 0. The first-order valence-corrected chi connectivity index (χ1v) is 5.36. The first-order chi connectivity index (χ1) is 7.46. The number of hydrogen-bond donors (Lipinski definition) is 0. The van der Waals surface area contributed by atoms with Crippen LogP contribution >= 0.6 is 0 Å². The van der Waals surface area contributed by atoms with Gasteiger partial charge in [-0.05, 0) is 20.8 Å². The molecule has 0 aromatic carbocycles. The summed E-state index contributed by atoms with van der Waals surface area (Å²) in [6.07, 6.45) is 2.08. The number of nitrogens with zero attached hydrogens (tertiary/aromatic N) is 2. The highest BCUT2D eigenvalue weighted by atomic mass is 16.6. The Hall–Kier alpha value is -1.52. The van der Waals surface area contributed by atoms with E-state index in [1.54, 1.807) is 11.1 Å². The van der Waals surface area contributed by atoms with Gasteiger partial charge in [-0.3, -0.25) is 0 Å². The molecule has 2 heterocycles. The Bertz CT molecular complexity index is 392. The molecule has 0 fully saturated rings. The molecule has 1 aromatic heterocycles. The molecule has 1 amide bonds. The third kappa shape index (κ3) is 2.35. The van der Waals surface area contributed by atoms with Crippen molar-refractivity contribution in [1.29, 1.82) is 0 Å². The van der Waals surface area contributed by atoms with Crippen molar-refractivity contribution in [3.05, 3.63) is 17.5 Å². The van der Waals surface area contributed by atoms with Gasteiger partial charge < -0.3 is 14.2 Å². The standard InChI is InChI=1S/C11H16N2O3/c1-11(2,3)15-10(14)13-5-4-9-8(7-13)6-12-16-9/h6H,4-5,7H2,1-3H3. The zero-order valence-corrected chi connectivity index (χ0v) is 9.82. The van der Waals surface area contributed by atoms with Crippen LogP contribution in [0.2, 0.25) is 0 Å². The minimum Gasteiger partial charge on any atom is -0.444 e. The highest BCUT2D eigenvalue weighted by Crippen LogP contribution is 2.20. The molecule has 0 bridgehead atoms. The lowest BCUT2D eigenvalue weighted by Gasteiger charge is -2.29. The van der Waals surface area contributed by atoms with Gasteiger partial charge in [0.1, 0.15) is 11.4 Å². The van der Waals surface area contributed by atoms with Gasteiger partial charge in [0.25, 0.3) is 0 Å². The molecule has 1 aromatic rings. The molecule has 0 atom stereocenters. The summed E-state index contributed by atoms with van der Waals surface area (Å²) < 4.78 is 10.4. The summed E-state index contributed by atoms with van der Waals surface area (Å²) in [6, 6.07) is 0. The number of carbonyl (C=O) groups excluding carboxylic acids is 1. The van der Waals surface area contributed by atoms with Crippen LogP contribution in [0, 0.1) is 0 Å². The van der Waals surface area contributed by atoms with Gasteiger partial charge in [0.15, 0.2) is 0 Å². The van der Waals surface area contributed by atoms with E-state index < -0.39 is 5.60 Å². The topological polar surface area (TPSA) is 55.6 Å². The second kappa shape index (κ2) is 3.81. The molecule has 88 valence electrons. The number of ether oxygens (including phenoxy) is 1. The molecule has 0 radical (unpaired) electrons. The minimum atomic E-state index is -0.452. The summed E-state index contributed by atoms with van der Waals surface area (Å²) >= 11 is 0. The lowest BCUT2D eigenvalue weighted by molar-refractivity contribution is 0.0218. The quantitative estimate of drug-likeness (QED) is 0.676. The maximum atomic E-state index is 11.8. The Labute approximate surface area is 94.3 Å². The summed E-state index contributed by atoms with van der Waals surface area (Å²) in [5.41, 5.74) is 0.517. The Morgan fingerprint density at radius 2 is 2.31 bits per heavy atom. The number of carbonyl (C=O) groups is 1. The third-order valence-electron chi connectivity index (χ3n) is 2.35. The number of aromatic nitrogens is 1. The van der Waals surface area contributed by atoms with E-state index in [0.29, 0.717) is 19.5 Å². The van der Waals surface area contributed by atoms with Crippen molar-refractivity contribution < 1.29 is 14.1 Å². The Kier molecular flexibility index (Phi) is 2.61. The molecule has 5 heteroatoms. The molecule has 5 nitrogen and oxygen atoms in total. The fraction of sp³-hybridized carbons (Fsp3) is 0.636. The Morgan fingerprint density at radius 3 is 3.00 bits per heavy atom. The first kappa shape index (κ1) is 11.0. The van der Waals surface area contributed by atoms with Crippen LogP contribution in [-0.2, 0) is 17.7 Å². The molecule has 0 aliphatic carbocycles. The zero-order chi connectivity index (χ0) is 11.8. The van der Waals surface area contributed by atoms with E-state index in [0.717, 1.165) is 11.3 Å². The van der Waals surface area contributed by atoms with Crippen LogP contribution in [0.25, 0.3) is 0 Å². The molecule has 1 aliphatic rings. The molecule has 0 saturated heterocycles. The van der Waals surface area contributed by atoms with Gasteiger partial charge in [-0.1, -0.05) is 5.16 Å². The normalized spacial score (nSPS) is 15.8. The second-order valence-electron chi connectivity index (χ2n) is 4.93.